The molecular weight excluding hydrogens is 386 g/mol. The number of aryl methyl sites for hydroxylation is 2. The second-order valence-corrected chi connectivity index (χ2v) is 7.37. The van der Waals surface area contributed by atoms with Gasteiger partial charge in [0.1, 0.15) is 23.4 Å². The first-order valence-electron chi connectivity index (χ1n) is 11.2. The first-order chi connectivity index (χ1) is 15.1. The van der Waals surface area contributed by atoms with Gasteiger partial charge in [-0.3, -0.25) is 4.98 Å². The normalized spacial score (nSPS) is 11.8. The van der Waals surface area contributed by atoms with Crippen molar-refractivity contribution in [2.24, 2.45) is 0 Å². The fourth-order valence-electron chi connectivity index (χ4n) is 3.81. The minimum Gasteiger partial charge on any atom is -0.494 e. The molecule has 0 saturated carbocycles. The highest BCUT2D eigenvalue weighted by Crippen LogP contribution is 2.35. The van der Waals surface area contributed by atoms with Crippen LogP contribution in [0.25, 0.3) is 11.3 Å². The smallest absolute Gasteiger partial charge is 0.129 e. The Balaban J connectivity index is 1.95. The van der Waals surface area contributed by atoms with Gasteiger partial charge in [-0.2, -0.15) is 0 Å². The first-order valence-corrected chi connectivity index (χ1v) is 11.2. The summed E-state index contributed by atoms with van der Waals surface area (Å²) in [7, 11) is 0. The molecule has 3 rings (SSSR count). The summed E-state index contributed by atoms with van der Waals surface area (Å²) in [5, 5.41) is 0. The average molecular weight is 420 g/mol. The summed E-state index contributed by atoms with van der Waals surface area (Å²) in [5.41, 5.74) is 5.71. The average Bonchev–Trinajstić information content (AvgIpc) is 2.79. The van der Waals surface area contributed by atoms with Crippen LogP contribution in [0, 0.1) is 0 Å². The van der Waals surface area contributed by atoms with E-state index in [0.717, 1.165) is 41.3 Å². The van der Waals surface area contributed by atoms with Crippen molar-refractivity contribution in [3.05, 3.63) is 71.4 Å². The van der Waals surface area contributed by atoms with E-state index in [2.05, 4.69) is 38.1 Å². The fraction of sp³-hybridized carbons (Fsp3) is 0.370. The van der Waals surface area contributed by atoms with Crippen molar-refractivity contribution in [3.63, 3.8) is 0 Å². The number of benzene rings is 2. The third-order valence-electron chi connectivity index (χ3n) is 5.32. The molecule has 0 saturated heterocycles. The van der Waals surface area contributed by atoms with E-state index in [4.69, 9.17) is 19.2 Å². The highest BCUT2D eigenvalue weighted by Gasteiger charge is 2.18. The number of hydrogen-bond donors (Lipinski definition) is 0. The number of hydrogen-bond acceptors (Lipinski definition) is 4. The zero-order valence-electron chi connectivity index (χ0n) is 19.3. The molecule has 0 aliphatic carbocycles. The number of rotatable bonds is 10. The number of ether oxygens (including phenoxy) is 3. The topological polar surface area (TPSA) is 40.6 Å². The summed E-state index contributed by atoms with van der Waals surface area (Å²) in [6.45, 7) is 11.6. The molecule has 0 fully saturated rings. The molecule has 0 amide bonds. The molecule has 4 nitrogen and oxygen atoms in total. The van der Waals surface area contributed by atoms with Gasteiger partial charge in [-0.05, 0) is 56.9 Å². The first kappa shape index (κ1) is 22.7. The van der Waals surface area contributed by atoms with Gasteiger partial charge in [0.15, 0.2) is 0 Å². The van der Waals surface area contributed by atoms with Crippen LogP contribution in [0.15, 0.2) is 54.7 Å². The standard InChI is InChI=1S/C27H33NO3/c1-6-20-12-10-13-21(7-2)27(20)25-17-26(30-9-4)24(18-28-25)19(5)31-23-15-11-14-22(16-23)29-8-3/h10-19H,6-9H2,1-5H3. The van der Waals surface area contributed by atoms with E-state index in [-0.39, 0.29) is 6.10 Å². The van der Waals surface area contributed by atoms with E-state index in [0.29, 0.717) is 13.2 Å². The molecule has 0 radical (unpaired) electrons. The molecule has 1 heterocycles. The minimum absolute atomic E-state index is 0.216. The lowest BCUT2D eigenvalue weighted by molar-refractivity contribution is 0.216. The van der Waals surface area contributed by atoms with Gasteiger partial charge in [0.25, 0.3) is 0 Å². The summed E-state index contributed by atoms with van der Waals surface area (Å²) < 4.78 is 17.8. The van der Waals surface area contributed by atoms with E-state index in [1.54, 1.807) is 0 Å². The van der Waals surface area contributed by atoms with Crippen molar-refractivity contribution in [2.75, 3.05) is 13.2 Å². The van der Waals surface area contributed by atoms with Crippen molar-refractivity contribution >= 4 is 0 Å². The van der Waals surface area contributed by atoms with Crippen LogP contribution < -0.4 is 14.2 Å². The van der Waals surface area contributed by atoms with Crippen LogP contribution in [0.4, 0.5) is 0 Å². The lowest BCUT2D eigenvalue weighted by Gasteiger charge is -2.20. The maximum atomic E-state index is 6.21. The lowest BCUT2D eigenvalue weighted by atomic mass is 9.94. The van der Waals surface area contributed by atoms with Crippen LogP contribution in [0.5, 0.6) is 17.2 Å². The Labute approximate surface area is 186 Å². The van der Waals surface area contributed by atoms with Gasteiger partial charge in [0.05, 0.1) is 24.5 Å². The van der Waals surface area contributed by atoms with Crippen molar-refractivity contribution in [3.8, 4) is 28.5 Å². The van der Waals surface area contributed by atoms with E-state index in [9.17, 15) is 0 Å². The Morgan fingerprint density at radius 2 is 1.45 bits per heavy atom. The Hall–Kier alpha value is -3.01. The largest absolute Gasteiger partial charge is 0.494 e. The Morgan fingerprint density at radius 1 is 0.806 bits per heavy atom. The second kappa shape index (κ2) is 10.9. The minimum atomic E-state index is -0.216. The molecule has 1 aromatic heterocycles. The van der Waals surface area contributed by atoms with Crippen LogP contribution in [0.2, 0.25) is 0 Å². The molecule has 0 spiro atoms. The maximum absolute atomic E-state index is 6.21. The molecule has 1 atom stereocenters. The molecular formula is C27H33NO3. The number of pyridine rings is 1. The molecule has 4 heteroatoms. The zero-order valence-corrected chi connectivity index (χ0v) is 19.3. The summed E-state index contributed by atoms with van der Waals surface area (Å²) in [5.74, 6) is 2.37. The van der Waals surface area contributed by atoms with Crippen molar-refractivity contribution < 1.29 is 14.2 Å². The van der Waals surface area contributed by atoms with E-state index in [1.165, 1.54) is 16.7 Å². The Bertz CT molecular complexity index is 977. The fourth-order valence-corrected chi connectivity index (χ4v) is 3.81. The number of nitrogens with zero attached hydrogens (tertiary/aromatic N) is 1. The molecule has 1 unspecified atom stereocenters. The third kappa shape index (κ3) is 5.38. The van der Waals surface area contributed by atoms with E-state index in [1.807, 2.05) is 51.2 Å². The lowest BCUT2D eigenvalue weighted by Crippen LogP contribution is -2.08. The van der Waals surface area contributed by atoms with Gasteiger partial charge in [0, 0.05) is 23.9 Å². The quantitative estimate of drug-likeness (QED) is 0.362. The van der Waals surface area contributed by atoms with Gasteiger partial charge >= 0.3 is 0 Å². The summed E-state index contributed by atoms with van der Waals surface area (Å²) in [6.07, 6.45) is 3.61. The maximum Gasteiger partial charge on any atom is 0.129 e. The van der Waals surface area contributed by atoms with E-state index >= 15 is 0 Å². The van der Waals surface area contributed by atoms with Crippen molar-refractivity contribution in [2.45, 2.75) is 53.6 Å². The molecule has 2 aromatic carbocycles. The molecule has 0 aliphatic heterocycles. The second-order valence-electron chi connectivity index (χ2n) is 7.37. The predicted molar refractivity (Wildman–Crippen MR) is 126 cm³/mol. The summed E-state index contributed by atoms with van der Waals surface area (Å²) >= 11 is 0. The monoisotopic (exact) mass is 419 g/mol. The molecule has 0 N–H and O–H groups in total. The molecule has 164 valence electrons. The molecule has 0 bridgehead atoms. The van der Waals surface area contributed by atoms with Gasteiger partial charge in [-0.1, -0.05) is 38.1 Å². The highest BCUT2D eigenvalue weighted by molar-refractivity contribution is 5.69. The molecule has 31 heavy (non-hydrogen) atoms. The summed E-state index contributed by atoms with van der Waals surface area (Å²) in [6, 6.07) is 16.3. The van der Waals surface area contributed by atoms with Gasteiger partial charge in [0.2, 0.25) is 0 Å². The van der Waals surface area contributed by atoms with Crippen molar-refractivity contribution in [1.29, 1.82) is 0 Å². The van der Waals surface area contributed by atoms with Crippen LogP contribution >= 0.6 is 0 Å². The molecule has 0 aliphatic rings. The van der Waals surface area contributed by atoms with Crippen LogP contribution in [-0.4, -0.2) is 18.2 Å². The SMILES string of the molecule is CCOc1cccc(OC(C)c2cnc(-c3c(CC)cccc3CC)cc2OCC)c1. The summed E-state index contributed by atoms with van der Waals surface area (Å²) in [4.78, 5) is 4.83. The van der Waals surface area contributed by atoms with Gasteiger partial charge in [-0.15, -0.1) is 0 Å². The Kier molecular flexibility index (Phi) is 7.94. The van der Waals surface area contributed by atoms with Gasteiger partial charge < -0.3 is 14.2 Å². The predicted octanol–water partition coefficient (Wildman–Crippen LogP) is 6.81. The van der Waals surface area contributed by atoms with Gasteiger partial charge in [-0.25, -0.2) is 0 Å². The van der Waals surface area contributed by atoms with Crippen molar-refractivity contribution in [1.82, 2.24) is 4.98 Å². The van der Waals surface area contributed by atoms with Crippen LogP contribution in [0.3, 0.4) is 0 Å². The molecule has 3 aromatic rings. The van der Waals surface area contributed by atoms with E-state index < -0.39 is 0 Å². The zero-order chi connectivity index (χ0) is 22.2. The highest BCUT2D eigenvalue weighted by atomic mass is 16.5. The van der Waals surface area contributed by atoms with Crippen LogP contribution in [0.1, 0.15) is 57.4 Å². The Morgan fingerprint density at radius 3 is 2.10 bits per heavy atom. The number of aromatic nitrogens is 1. The van der Waals surface area contributed by atoms with Crippen LogP contribution in [-0.2, 0) is 12.8 Å². The third-order valence-corrected chi connectivity index (χ3v) is 5.32.